The molecule has 228 valence electrons. The molecular formula is C32H31F3N6O3. The number of carboxylic acids is 1. The van der Waals surface area contributed by atoms with Crippen molar-refractivity contribution in [1.29, 1.82) is 5.26 Å². The van der Waals surface area contributed by atoms with E-state index in [-0.39, 0.29) is 22.7 Å². The summed E-state index contributed by atoms with van der Waals surface area (Å²) in [6, 6.07) is 13.0. The van der Waals surface area contributed by atoms with Crippen molar-refractivity contribution in [3.8, 4) is 6.07 Å². The predicted octanol–water partition coefficient (Wildman–Crippen LogP) is 5.79. The highest BCUT2D eigenvalue weighted by molar-refractivity contribution is 5.94. The summed E-state index contributed by atoms with van der Waals surface area (Å²) in [5.74, 6) is -0.564. The maximum Gasteiger partial charge on any atom is 0.416 e. The molecule has 0 radical (unpaired) electrons. The van der Waals surface area contributed by atoms with Gasteiger partial charge in [0.2, 0.25) is 0 Å². The maximum atomic E-state index is 13.7. The molecule has 0 aliphatic carbocycles. The molecule has 4 aromatic rings. The van der Waals surface area contributed by atoms with Crippen molar-refractivity contribution >= 4 is 28.8 Å². The van der Waals surface area contributed by atoms with Gasteiger partial charge in [-0.2, -0.15) is 18.4 Å². The topological polar surface area (TPSA) is 114 Å². The summed E-state index contributed by atoms with van der Waals surface area (Å²) >= 11 is 0. The third-order valence-electron chi connectivity index (χ3n) is 7.97. The Morgan fingerprint density at radius 1 is 1.16 bits per heavy atom. The van der Waals surface area contributed by atoms with Crippen LogP contribution in [0.4, 0.5) is 30.4 Å². The van der Waals surface area contributed by atoms with E-state index in [1.165, 1.54) is 16.5 Å². The van der Waals surface area contributed by atoms with Gasteiger partial charge in [-0.15, -0.1) is 0 Å². The lowest BCUT2D eigenvalue weighted by atomic mass is 10.0. The molecule has 2 aromatic carbocycles. The molecule has 0 bridgehead atoms. The average molecular weight is 605 g/mol. The van der Waals surface area contributed by atoms with Crippen LogP contribution < -0.4 is 20.7 Å². The normalized spacial score (nSPS) is 16.1. The number of nitriles is 1. The number of nitrogens with one attached hydrogen (secondary N) is 1. The van der Waals surface area contributed by atoms with Crippen LogP contribution in [-0.4, -0.2) is 46.1 Å². The highest BCUT2D eigenvalue weighted by atomic mass is 19.4. The van der Waals surface area contributed by atoms with Gasteiger partial charge in [0.15, 0.2) is 0 Å². The number of piperazine rings is 1. The van der Waals surface area contributed by atoms with Gasteiger partial charge in [-0.1, -0.05) is 12.1 Å². The van der Waals surface area contributed by atoms with E-state index in [1.807, 2.05) is 42.7 Å². The molecule has 5 rings (SSSR count). The number of benzene rings is 2. The summed E-state index contributed by atoms with van der Waals surface area (Å²) in [6.45, 7) is 8.60. The Hall–Kier alpha value is -5.05. The fourth-order valence-corrected chi connectivity index (χ4v) is 5.76. The largest absolute Gasteiger partial charge is 0.478 e. The van der Waals surface area contributed by atoms with Crippen LogP contribution in [0.2, 0.25) is 0 Å². The first-order valence-corrected chi connectivity index (χ1v) is 14.1. The van der Waals surface area contributed by atoms with Gasteiger partial charge in [0.05, 0.1) is 34.0 Å². The van der Waals surface area contributed by atoms with Gasteiger partial charge in [0.1, 0.15) is 17.5 Å². The number of aromatic carboxylic acids is 1. The van der Waals surface area contributed by atoms with Crippen molar-refractivity contribution in [1.82, 2.24) is 9.38 Å². The molecule has 0 amide bonds. The molecule has 9 nitrogen and oxygen atoms in total. The zero-order chi connectivity index (χ0) is 31.9. The average Bonchev–Trinajstić information content (AvgIpc) is 2.98. The van der Waals surface area contributed by atoms with E-state index in [2.05, 4.69) is 5.32 Å². The van der Waals surface area contributed by atoms with Gasteiger partial charge in [0.25, 0.3) is 5.56 Å². The lowest BCUT2D eigenvalue weighted by Gasteiger charge is -2.42. The summed E-state index contributed by atoms with van der Waals surface area (Å²) < 4.78 is 41.2. The highest BCUT2D eigenvalue weighted by Gasteiger charge is 2.33. The van der Waals surface area contributed by atoms with Gasteiger partial charge in [-0.3, -0.25) is 9.20 Å². The third kappa shape index (κ3) is 5.65. The number of halogens is 3. The van der Waals surface area contributed by atoms with Crippen molar-refractivity contribution in [2.45, 2.75) is 46.0 Å². The van der Waals surface area contributed by atoms with Crippen molar-refractivity contribution in [2.24, 2.45) is 0 Å². The van der Waals surface area contributed by atoms with Crippen molar-refractivity contribution in [2.75, 3.05) is 34.8 Å². The Morgan fingerprint density at radius 2 is 1.89 bits per heavy atom. The molecule has 12 heteroatoms. The fourth-order valence-electron chi connectivity index (χ4n) is 5.76. The Morgan fingerprint density at radius 3 is 2.55 bits per heavy atom. The van der Waals surface area contributed by atoms with E-state index in [1.54, 1.807) is 31.3 Å². The Labute approximate surface area is 251 Å². The van der Waals surface area contributed by atoms with Crippen LogP contribution in [0, 0.1) is 25.2 Å². The molecule has 2 unspecified atom stereocenters. The number of hydrogen-bond donors (Lipinski definition) is 2. The number of alkyl halides is 3. The van der Waals surface area contributed by atoms with Crippen LogP contribution in [0.25, 0.3) is 5.65 Å². The second kappa shape index (κ2) is 11.6. The van der Waals surface area contributed by atoms with E-state index < -0.39 is 23.8 Å². The summed E-state index contributed by atoms with van der Waals surface area (Å²) in [6.07, 6.45) is -2.83. The zero-order valence-corrected chi connectivity index (χ0v) is 24.6. The maximum absolute atomic E-state index is 13.7. The number of carboxylic acid groups (broad SMARTS) is 1. The standard InChI is InChI=1S/C32H31F3N6O3/c1-18-13-25(21(4)37-26-8-6-5-7-24(26)31(43)44)29-38-28(20(3)30(42)41(29)16-18)40-12-11-39(17-19(40)2)27-10-9-23(32(33,34)35)14-22(27)15-36/h5-10,13-14,16,19,21,37H,11-12,17H2,1-4H3,(H,43,44). The molecule has 44 heavy (non-hydrogen) atoms. The smallest absolute Gasteiger partial charge is 0.416 e. The van der Waals surface area contributed by atoms with E-state index in [0.717, 1.165) is 17.7 Å². The first-order valence-electron chi connectivity index (χ1n) is 14.1. The first-order chi connectivity index (χ1) is 20.8. The monoisotopic (exact) mass is 604 g/mol. The SMILES string of the molecule is Cc1cc(C(C)Nc2ccccc2C(=O)O)c2nc(N3CCN(c4ccc(C(F)(F)F)cc4C#N)CC3C)c(C)c(=O)n2c1. The minimum Gasteiger partial charge on any atom is -0.478 e. The van der Waals surface area contributed by atoms with Crippen LogP contribution in [0.3, 0.4) is 0 Å². The van der Waals surface area contributed by atoms with Gasteiger partial charge < -0.3 is 20.2 Å². The Bertz CT molecular complexity index is 1860. The lowest BCUT2D eigenvalue weighted by Crippen LogP contribution is -2.53. The fraction of sp³-hybridized carbons (Fsp3) is 0.312. The number of anilines is 3. The minimum absolute atomic E-state index is 0.0512. The molecule has 1 aliphatic rings. The summed E-state index contributed by atoms with van der Waals surface area (Å²) in [5, 5.41) is 22.5. The first kappa shape index (κ1) is 30.4. The summed E-state index contributed by atoms with van der Waals surface area (Å²) in [5.41, 5.74) is 2.23. The summed E-state index contributed by atoms with van der Waals surface area (Å²) in [7, 11) is 0. The number of pyridine rings is 1. The second-order valence-corrected chi connectivity index (χ2v) is 11.1. The predicted molar refractivity (Wildman–Crippen MR) is 162 cm³/mol. The molecule has 1 fully saturated rings. The number of aromatic nitrogens is 2. The Balaban J connectivity index is 1.49. The highest BCUT2D eigenvalue weighted by Crippen LogP contribution is 2.34. The molecule has 1 aliphatic heterocycles. The molecule has 2 N–H and O–H groups in total. The van der Waals surface area contributed by atoms with Crippen LogP contribution in [-0.2, 0) is 6.18 Å². The minimum atomic E-state index is -4.55. The molecule has 2 aromatic heterocycles. The number of rotatable bonds is 6. The molecule has 2 atom stereocenters. The van der Waals surface area contributed by atoms with Crippen LogP contribution in [0.1, 0.15) is 58.1 Å². The zero-order valence-electron chi connectivity index (χ0n) is 24.6. The third-order valence-corrected chi connectivity index (χ3v) is 7.97. The van der Waals surface area contributed by atoms with Gasteiger partial charge in [-0.25, -0.2) is 9.78 Å². The van der Waals surface area contributed by atoms with Crippen molar-refractivity contribution in [3.05, 3.63) is 98.5 Å². The van der Waals surface area contributed by atoms with Gasteiger partial charge in [0, 0.05) is 43.1 Å². The van der Waals surface area contributed by atoms with Crippen molar-refractivity contribution in [3.63, 3.8) is 0 Å². The quantitative estimate of drug-likeness (QED) is 0.285. The molecule has 1 saturated heterocycles. The number of nitrogens with zero attached hydrogens (tertiary/aromatic N) is 5. The number of aryl methyl sites for hydroxylation is 1. The van der Waals surface area contributed by atoms with E-state index in [4.69, 9.17) is 4.98 Å². The van der Waals surface area contributed by atoms with Gasteiger partial charge in [-0.05, 0) is 69.7 Å². The number of hydrogen-bond acceptors (Lipinski definition) is 7. The van der Waals surface area contributed by atoms with Crippen LogP contribution >= 0.6 is 0 Å². The Kier molecular flexibility index (Phi) is 7.99. The number of para-hydroxylation sites is 1. The lowest BCUT2D eigenvalue weighted by molar-refractivity contribution is -0.137. The van der Waals surface area contributed by atoms with E-state index >= 15 is 0 Å². The van der Waals surface area contributed by atoms with E-state index in [9.17, 15) is 33.1 Å². The second-order valence-electron chi connectivity index (χ2n) is 11.1. The molecule has 3 heterocycles. The number of fused-ring (bicyclic) bond motifs is 1. The summed E-state index contributed by atoms with van der Waals surface area (Å²) in [4.78, 5) is 34.3. The van der Waals surface area contributed by atoms with E-state index in [0.29, 0.717) is 53.6 Å². The van der Waals surface area contributed by atoms with Crippen LogP contribution in [0.5, 0.6) is 0 Å². The molecule has 0 spiro atoms. The molecule has 0 saturated carbocycles. The van der Waals surface area contributed by atoms with Crippen molar-refractivity contribution < 1.29 is 23.1 Å². The van der Waals surface area contributed by atoms with Crippen LogP contribution in [0.15, 0.2) is 59.5 Å². The van der Waals surface area contributed by atoms with Gasteiger partial charge >= 0.3 is 12.1 Å². The number of carbonyl (C=O) groups is 1. The molecular weight excluding hydrogens is 573 g/mol.